The van der Waals surface area contributed by atoms with Crippen molar-refractivity contribution in [2.24, 2.45) is 5.92 Å². The van der Waals surface area contributed by atoms with Gasteiger partial charge in [0.05, 0.1) is 25.2 Å². The van der Waals surface area contributed by atoms with Crippen molar-refractivity contribution in [1.29, 1.82) is 0 Å². The highest BCUT2D eigenvalue weighted by molar-refractivity contribution is 9.10. The molecule has 0 radical (unpaired) electrons. The zero-order chi connectivity index (χ0) is 14.1. The molecule has 2 aliphatic rings. The van der Waals surface area contributed by atoms with Gasteiger partial charge < -0.3 is 14.8 Å². The van der Waals surface area contributed by atoms with Gasteiger partial charge in [-0.15, -0.1) is 0 Å². The molecule has 1 saturated heterocycles. The molecule has 2 aliphatic heterocycles. The van der Waals surface area contributed by atoms with Gasteiger partial charge in [0.25, 0.3) is 0 Å². The monoisotopic (exact) mass is 339 g/mol. The van der Waals surface area contributed by atoms with Crippen LogP contribution in [0.4, 0.5) is 0 Å². The predicted octanol–water partition coefficient (Wildman–Crippen LogP) is 2.43. The Bertz CT molecular complexity index is 532. The Balaban J connectivity index is 1.65. The van der Waals surface area contributed by atoms with Gasteiger partial charge in [0.15, 0.2) is 0 Å². The van der Waals surface area contributed by atoms with Crippen LogP contribution in [0.2, 0.25) is 0 Å². The second kappa shape index (κ2) is 5.74. The Morgan fingerprint density at radius 1 is 1.50 bits per heavy atom. The van der Waals surface area contributed by atoms with Crippen molar-refractivity contribution in [3.05, 3.63) is 27.7 Å². The van der Waals surface area contributed by atoms with E-state index in [1.165, 1.54) is 5.56 Å². The van der Waals surface area contributed by atoms with Crippen LogP contribution in [-0.2, 0) is 22.5 Å². The first kappa shape index (κ1) is 13.9. The average Bonchev–Trinajstić information content (AvgIpc) is 3.03. The number of fused-ring (bicyclic) bond motifs is 1. The van der Waals surface area contributed by atoms with E-state index in [4.69, 9.17) is 9.47 Å². The molecule has 5 heteroatoms. The number of amides is 1. The highest BCUT2D eigenvalue weighted by atomic mass is 79.9. The molecule has 0 spiro atoms. The van der Waals surface area contributed by atoms with Crippen molar-refractivity contribution in [2.75, 3.05) is 13.2 Å². The highest BCUT2D eigenvalue weighted by Gasteiger charge is 2.28. The van der Waals surface area contributed by atoms with E-state index in [0.29, 0.717) is 13.2 Å². The number of carbonyl (C=O) groups excluding carboxylic acids is 1. The normalized spacial score (nSPS) is 24.3. The van der Waals surface area contributed by atoms with Crippen LogP contribution in [0.5, 0.6) is 5.75 Å². The molecule has 2 unspecified atom stereocenters. The van der Waals surface area contributed by atoms with E-state index >= 15 is 0 Å². The van der Waals surface area contributed by atoms with Crippen LogP contribution in [0.1, 0.15) is 24.5 Å². The molecule has 108 valence electrons. The third-order valence-corrected chi connectivity index (χ3v) is 4.31. The lowest BCUT2D eigenvalue weighted by Gasteiger charge is -2.12. The number of rotatable bonds is 3. The van der Waals surface area contributed by atoms with Gasteiger partial charge in [0.2, 0.25) is 5.91 Å². The summed E-state index contributed by atoms with van der Waals surface area (Å²) >= 11 is 3.51. The summed E-state index contributed by atoms with van der Waals surface area (Å²) in [5.74, 6) is 0.983. The van der Waals surface area contributed by atoms with Crippen LogP contribution >= 0.6 is 15.9 Å². The fourth-order valence-electron chi connectivity index (χ4n) is 2.80. The number of benzene rings is 1. The van der Waals surface area contributed by atoms with Crippen LogP contribution < -0.4 is 10.1 Å². The van der Waals surface area contributed by atoms with E-state index in [9.17, 15) is 4.79 Å². The minimum absolute atomic E-state index is 0.0221. The molecule has 1 fully saturated rings. The smallest absolute Gasteiger partial charge is 0.225 e. The summed E-state index contributed by atoms with van der Waals surface area (Å²) < 4.78 is 12.1. The molecule has 1 aromatic carbocycles. The molecular weight excluding hydrogens is 322 g/mol. The summed E-state index contributed by atoms with van der Waals surface area (Å²) in [6.07, 6.45) is 1.92. The summed E-state index contributed by atoms with van der Waals surface area (Å²) in [4.78, 5) is 12.1. The maximum Gasteiger partial charge on any atom is 0.225 e. The first-order chi connectivity index (χ1) is 9.63. The van der Waals surface area contributed by atoms with E-state index in [1.54, 1.807) is 0 Å². The third kappa shape index (κ3) is 2.83. The first-order valence-corrected chi connectivity index (χ1v) is 7.76. The van der Waals surface area contributed by atoms with E-state index in [2.05, 4.69) is 27.3 Å². The van der Waals surface area contributed by atoms with E-state index in [0.717, 1.165) is 35.2 Å². The quantitative estimate of drug-likeness (QED) is 0.919. The third-order valence-electron chi connectivity index (χ3n) is 3.85. The summed E-state index contributed by atoms with van der Waals surface area (Å²) in [6, 6.07) is 4.10. The number of ether oxygens (including phenoxy) is 2. The fourth-order valence-corrected chi connectivity index (χ4v) is 3.36. The molecule has 3 rings (SSSR count). The highest BCUT2D eigenvalue weighted by Crippen LogP contribution is 2.33. The molecule has 0 aromatic heterocycles. The lowest BCUT2D eigenvalue weighted by atomic mass is 10.0. The molecule has 2 heterocycles. The molecule has 2 atom stereocenters. The molecule has 1 amide bonds. The zero-order valence-electron chi connectivity index (χ0n) is 11.4. The van der Waals surface area contributed by atoms with Gasteiger partial charge in [-0.1, -0.05) is 15.9 Å². The lowest BCUT2D eigenvalue weighted by molar-refractivity contribution is -0.125. The minimum Gasteiger partial charge on any atom is -0.493 e. The molecule has 0 aliphatic carbocycles. The number of halogens is 1. The Morgan fingerprint density at radius 2 is 2.35 bits per heavy atom. The largest absolute Gasteiger partial charge is 0.493 e. The average molecular weight is 340 g/mol. The Morgan fingerprint density at radius 3 is 3.10 bits per heavy atom. The van der Waals surface area contributed by atoms with Crippen molar-refractivity contribution < 1.29 is 14.3 Å². The fraction of sp³-hybridized carbons (Fsp3) is 0.533. The van der Waals surface area contributed by atoms with Crippen molar-refractivity contribution in [2.45, 2.75) is 32.4 Å². The van der Waals surface area contributed by atoms with Gasteiger partial charge in [-0.2, -0.15) is 0 Å². The molecule has 0 saturated carbocycles. The van der Waals surface area contributed by atoms with Gasteiger partial charge in [-0.05, 0) is 31.0 Å². The molecule has 4 nitrogen and oxygen atoms in total. The maximum absolute atomic E-state index is 12.1. The topological polar surface area (TPSA) is 47.6 Å². The van der Waals surface area contributed by atoms with Gasteiger partial charge in [-0.3, -0.25) is 4.79 Å². The number of nitrogens with one attached hydrogen (secondary N) is 1. The molecular formula is C15H18BrNO3. The second-order valence-corrected chi connectivity index (χ2v) is 6.36. The summed E-state index contributed by atoms with van der Waals surface area (Å²) in [5, 5.41) is 3.00. The van der Waals surface area contributed by atoms with Crippen molar-refractivity contribution in [3.8, 4) is 5.75 Å². The summed E-state index contributed by atoms with van der Waals surface area (Å²) in [6.45, 7) is 3.76. The van der Waals surface area contributed by atoms with E-state index in [-0.39, 0.29) is 17.9 Å². The lowest BCUT2D eigenvalue weighted by Crippen LogP contribution is -2.30. The maximum atomic E-state index is 12.1. The predicted molar refractivity (Wildman–Crippen MR) is 78.7 cm³/mol. The summed E-state index contributed by atoms with van der Waals surface area (Å²) in [7, 11) is 0. The number of carbonyl (C=O) groups is 1. The Hall–Kier alpha value is -1.07. The van der Waals surface area contributed by atoms with Crippen molar-refractivity contribution in [1.82, 2.24) is 5.32 Å². The summed E-state index contributed by atoms with van der Waals surface area (Å²) in [5.41, 5.74) is 2.24. The van der Waals surface area contributed by atoms with Crippen LogP contribution in [-0.4, -0.2) is 25.2 Å². The van der Waals surface area contributed by atoms with Crippen LogP contribution in [0.15, 0.2) is 16.6 Å². The van der Waals surface area contributed by atoms with Gasteiger partial charge in [-0.25, -0.2) is 0 Å². The van der Waals surface area contributed by atoms with Crippen molar-refractivity contribution >= 4 is 21.8 Å². The molecule has 0 bridgehead atoms. The standard InChI is InChI=1S/C15H18BrNO3/c1-9-4-12(8-20-9)15(18)17-7-11-6-13(16)5-10-2-3-19-14(10)11/h5-6,9,12H,2-4,7-8H2,1H3,(H,17,18). The Labute approximate surface area is 127 Å². The van der Waals surface area contributed by atoms with Gasteiger partial charge in [0, 0.05) is 23.0 Å². The zero-order valence-corrected chi connectivity index (χ0v) is 13.0. The SMILES string of the molecule is CC1CC(C(=O)NCc2cc(Br)cc3c2OCC3)CO1. The minimum atomic E-state index is -0.0221. The van der Waals surface area contributed by atoms with E-state index < -0.39 is 0 Å². The Kier molecular flexibility index (Phi) is 3.98. The first-order valence-electron chi connectivity index (χ1n) is 6.97. The molecule has 1 N–H and O–H groups in total. The number of hydrogen-bond acceptors (Lipinski definition) is 3. The van der Waals surface area contributed by atoms with Gasteiger partial charge >= 0.3 is 0 Å². The van der Waals surface area contributed by atoms with Crippen LogP contribution in [0.3, 0.4) is 0 Å². The van der Waals surface area contributed by atoms with Gasteiger partial charge in [0.1, 0.15) is 5.75 Å². The number of hydrogen-bond donors (Lipinski definition) is 1. The molecule has 1 aromatic rings. The van der Waals surface area contributed by atoms with Crippen molar-refractivity contribution in [3.63, 3.8) is 0 Å². The molecule has 20 heavy (non-hydrogen) atoms. The van der Waals surface area contributed by atoms with Crippen LogP contribution in [0, 0.1) is 5.92 Å². The second-order valence-electron chi connectivity index (χ2n) is 5.45. The van der Waals surface area contributed by atoms with Crippen LogP contribution in [0.25, 0.3) is 0 Å². The van der Waals surface area contributed by atoms with E-state index in [1.807, 2.05) is 13.0 Å².